The summed E-state index contributed by atoms with van der Waals surface area (Å²) in [4.78, 5) is 16.6. The molecule has 27 heavy (non-hydrogen) atoms. The van der Waals surface area contributed by atoms with E-state index in [9.17, 15) is 4.79 Å². The van der Waals surface area contributed by atoms with Gasteiger partial charge in [-0.25, -0.2) is 9.78 Å². The zero-order chi connectivity index (χ0) is 19.9. The molecule has 2 rings (SSSR count). The van der Waals surface area contributed by atoms with Crippen molar-refractivity contribution in [3.63, 3.8) is 0 Å². The Hall–Kier alpha value is -3.13. The second-order valence-corrected chi connectivity index (χ2v) is 6.13. The first-order valence-corrected chi connectivity index (χ1v) is 8.50. The Labute approximate surface area is 158 Å². The van der Waals surface area contributed by atoms with Crippen molar-refractivity contribution in [2.75, 3.05) is 31.4 Å². The van der Waals surface area contributed by atoms with Crippen LogP contribution < -0.4 is 16.4 Å². The molecule has 0 radical (unpaired) electrons. The van der Waals surface area contributed by atoms with Crippen LogP contribution in [0.4, 0.5) is 16.3 Å². The summed E-state index contributed by atoms with van der Waals surface area (Å²) in [6.07, 6.45) is 1.40. The molecule has 0 aliphatic heterocycles. The lowest BCUT2D eigenvalue weighted by atomic mass is 9.93. The van der Waals surface area contributed by atoms with Gasteiger partial charge in [-0.05, 0) is 19.4 Å². The topological polar surface area (TPSA) is 122 Å². The maximum absolute atomic E-state index is 12.5. The molecule has 5 N–H and O–H groups in total. The van der Waals surface area contributed by atoms with Crippen LogP contribution in [-0.4, -0.2) is 37.2 Å². The highest BCUT2D eigenvalue weighted by molar-refractivity contribution is 5.97. The highest BCUT2D eigenvalue weighted by atomic mass is 16.5. The molecule has 1 heterocycles. The Morgan fingerprint density at radius 2 is 2.04 bits per heavy atom. The minimum absolute atomic E-state index is 0.0600. The maximum atomic E-state index is 12.5. The van der Waals surface area contributed by atoms with E-state index in [4.69, 9.17) is 20.6 Å². The number of amides is 2. The van der Waals surface area contributed by atoms with Crippen molar-refractivity contribution >= 4 is 23.4 Å². The number of pyridine rings is 1. The third-order valence-electron chi connectivity index (χ3n) is 3.94. The average molecular weight is 371 g/mol. The molecule has 2 amide bonds. The van der Waals surface area contributed by atoms with E-state index in [0.717, 1.165) is 5.56 Å². The second-order valence-electron chi connectivity index (χ2n) is 6.13. The molecule has 0 aliphatic carbocycles. The number of nitrogens with zero attached hydrogens (tertiary/aromatic N) is 1. The van der Waals surface area contributed by atoms with Crippen LogP contribution in [0.5, 0.6) is 0 Å². The van der Waals surface area contributed by atoms with Crippen LogP contribution in [0.25, 0.3) is 0 Å². The molecule has 8 heteroatoms. The molecule has 1 aromatic heterocycles. The summed E-state index contributed by atoms with van der Waals surface area (Å²) >= 11 is 0. The lowest BCUT2D eigenvalue weighted by molar-refractivity contribution is 0.123. The van der Waals surface area contributed by atoms with Gasteiger partial charge in [0.1, 0.15) is 5.82 Å². The molecular formula is C19H25N5O3. The number of aromatic nitrogens is 1. The minimum Gasteiger partial charge on any atom is -0.478 e. The van der Waals surface area contributed by atoms with Gasteiger partial charge in [-0.1, -0.05) is 30.3 Å². The van der Waals surface area contributed by atoms with Gasteiger partial charge < -0.3 is 20.5 Å². The van der Waals surface area contributed by atoms with Crippen molar-refractivity contribution in [3.8, 4) is 0 Å². The Kier molecular flexibility index (Phi) is 6.73. The van der Waals surface area contributed by atoms with Gasteiger partial charge in [0, 0.05) is 25.1 Å². The third kappa shape index (κ3) is 5.18. The predicted molar refractivity (Wildman–Crippen MR) is 105 cm³/mol. The largest absolute Gasteiger partial charge is 0.478 e. The third-order valence-corrected chi connectivity index (χ3v) is 3.94. The summed E-state index contributed by atoms with van der Waals surface area (Å²) in [6.45, 7) is 4.31. The zero-order valence-electron chi connectivity index (χ0n) is 15.7. The molecule has 0 bridgehead atoms. The van der Waals surface area contributed by atoms with E-state index in [1.54, 1.807) is 14.0 Å². The van der Waals surface area contributed by atoms with Crippen LogP contribution in [-0.2, 0) is 15.0 Å². The summed E-state index contributed by atoms with van der Waals surface area (Å²) < 4.78 is 10.4. The van der Waals surface area contributed by atoms with Crippen LogP contribution in [0.2, 0.25) is 0 Å². The summed E-state index contributed by atoms with van der Waals surface area (Å²) in [5, 5.41) is 13.4. The van der Waals surface area contributed by atoms with E-state index < -0.39 is 11.6 Å². The van der Waals surface area contributed by atoms with Gasteiger partial charge in [-0.3, -0.25) is 10.7 Å². The quantitative estimate of drug-likeness (QED) is 0.440. The number of urea groups is 1. The predicted octanol–water partition coefficient (Wildman–Crippen LogP) is 2.71. The number of rotatable bonds is 7. The number of anilines is 2. The molecule has 2 aromatic rings. The lowest BCUT2D eigenvalue weighted by Crippen LogP contribution is -2.48. The van der Waals surface area contributed by atoms with Crippen molar-refractivity contribution in [1.82, 2.24) is 10.3 Å². The first kappa shape index (κ1) is 20.2. The minimum atomic E-state index is -0.720. The molecule has 144 valence electrons. The molecule has 0 fully saturated rings. The Morgan fingerprint density at radius 3 is 2.63 bits per heavy atom. The average Bonchev–Trinajstić information content (AvgIpc) is 2.62. The number of carbonyl (C=O) groups excluding carboxylic acids is 1. The van der Waals surface area contributed by atoms with Gasteiger partial charge in [0.05, 0.1) is 24.3 Å². The molecule has 0 saturated carbocycles. The van der Waals surface area contributed by atoms with E-state index in [0.29, 0.717) is 24.5 Å². The highest BCUT2D eigenvalue weighted by Crippen LogP contribution is 2.21. The van der Waals surface area contributed by atoms with Crippen LogP contribution in [0, 0.1) is 5.41 Å². The zero-order valence-corrected chi connectivity index (χ0v) is 15.7. The molecule has 8 nitrogen and oxygen atoms in total. The van der Waals surface area contributed by atoms with Gasteiger partial charge >= 0.3 is 6.03 Å². The van der Waals surface area contributed by atoms with Crippen molar-refractivity contribution in [2.45, 2.75) is 19.4 Å². The second kappa shape index (κ2) is 9.00. The van der Waals surface area contributed by atoms with Gasteiger partial charge in [0.25, 0.3) is 0 Å². The summed E-state index contributed by atoms with van der Waals surface area (Å²) in [5.74, 6) is 0.209. The van der Waals surface area contributed by atoms with Gasteiger partial charge in [-0.2, -0.15) is 0 Å². The Morgan fingerprint density at radius 1 is 1.33 bits per heavy atom. The van der Waals surface area contributed by atoms with Crippen molar-refractivity contribution < 1.29 is 14.3 Å². The standard InChI is InChI=1S/C19H25N5O3/c1-4-27-17(21)14-11-22-16(10-15(14)20)23-18(25)24-19(2,12-26-3)13-8-6-5-7-9-13/h5-11,21H,4,12H2,1-3H3,(H4,20,22,23,24,25). The van der Waals surface area contributed by atoms with Crippen LogP contribution in [0.1, 0.15) is 25.0 Å². The smallest absolute Gasteiger partial charge is 0.321 e. The number of hydrogen-bond donors (Lipinski definition) is 4. The van der Waals surface area contributed by atoms with Gasteiger partial charge in [-0.15, -0.1) is 0 Å². The molecule has 0 aliphatic rings. The van der Waals surface area contributed by atoms with Crippen LogP contribution >= 0.6 is 0 Å². The number of methoxy groups -OCH3 is 1. The highest BCUT2D eigenvalue weighted by Gasteiger charge is 2.28. The monoisotopic (exact) mass is 371 g/mol. The van der Waals surface area contributed by atoms with E-state index in [2.05, 4.69) is 15.6 Å². The summed E-state index contributed by atoms with van der Waals surface area (Å²) in [7, 11) is 1.58. The SMILES string of the molecule is CCOC(=N)c1cnc(NC(=O)NC(C)(COC)c2ccccc2)cc1N. The number of benzene rings is 1. The number of hydrogen-bond acceptors (Lipinski definition) is 6. The fraction of sp³-hybridized carbons (Fsp3) is 0.316. The van der Waals surface area contributed by atoms with Crippen molar-refractivity contribution in [1.29, 1.82) is 5.41 Å². The summed E-state index contributed by atoms with van der Waals surface area (Å²) in [6, 6.07) is 10.6. The lowest BCUT2D eigenvalue weighted by Gasteiger charge is -2.30. The van der Waals surface area contributed by atoms with E-state index >= 15 is 0 Å². The van der Waals surface area contributed by atoms with Crippen LogP contribution in [0.15, 0.2) is 42.6 Å². The van der Waals surface area contributed by atoms with Gasteiger partial charge in [0.15, 0.2) is 0 Å². The Bertz CT molecular complexity index is 797. The van der Waals surface area contributed by atoms with E-state index in [-0.39, 0.29) is 11.7 Å². The van der Waals surface area contributed by atoms with E-state index in [1.165, 1.54) is 12.3 Å². The fourth-order valence-corrected chi connectivity index (χ4v) is 2.64. The Balaban J connectivity index is 2.12. The first-order chi connectivity index (χ1) is 12.9. The molecule has 0 spiro atoms. The fourth-order valence-electron chi connectivity index (χ4n) is 2.64. The number of carbonyl (C=O) groups is 1. The molecule has 1 unspecified atom stereocenters. The molecular weight excluding hydrogens is 346 g/mol. The number of nitrogens with two attached hydrogens (primary N) is 1. The van der Waals surface area contributed by atoms with Crippen LogP contribution in [0.3, 0.4) is 0 Å². The first-order valence-electron chi connectivity index (χ1n) is 8.50. The van der Waals surface area contributed by atoms with Crippen molar-refractivity contribution in [2.24, 2.45) is 0 Å². The number of ether oxygens (including phenoxy) is 2. The molecule has 1 atom stereocenters. The summed E-state index contributed by atoms with van der Waals surface area (Å²) in [5.41, 5.74) is 6.80. The number of nitrogens with one attached hydrogen (secondary N) is 3. The molecule has 0 saturated heterocycles. The molecule has 1 aromatic carbocycles. The maximum Gasteiger partial charge on any atom is 0.321 e. The van der Waals surface area contributed by atoms with E-state index in [1.807, 2.05) is 37.3 Å². The van der Waals surface area contributed by atoms with Crippen molar-refractivity contribution in [3.05, 3.63) is 53.7 Å². The van der Waals surface area contributed by atoms with Gasteiger partial charge in [0.2, 0.25) is 5.90 Å². The normalized spacial score (nSPS) is 12.7. The number of nitrogen functional groups attached to an aromatic ring is 1.